The molecule has 0 saturated heterocycles. The summed E-state index contributed by atoms with van der Waals surface area (Å²) in [5, 5.41) is 0. The summed E-state index contributed by atoms with van der Waals surface area (Å²) < 4.78 is 93.2. The maximum absolute atomic E-state index is 12.9. The smallest absolute Gasteiger partial charge is 0.416 e. The Kier molecular flexibility index (Phi) is 8.22. The van der Waals surface area contributed by atoms with Crippen LogP contribution in [0.5, 0.6) is 11.5 Å². The Labute approximate surface area is 176 Å². The van der Waals surface area contributed by atoms with Gasteiger partial charge in [0.2, 0.25) is 0 Å². The molecular formula is C22H24F6O3. The van der Waals surface area contributed by atoms with Gasteiger partial charge < -0.3 is 14.2 Å². The summed E-state index contributed by atoms with van der Waals surface area (Å²) in [4.78, 5) is 0. The average Bonchev–Trinajstić information content (AvgIpc) is 2.69. The van der Waals surface area contributed by atoms with Gasteiger partial charge in [0.1, 0.15) is 18.1 Å². The third-order valence-corrected chi connectivity index (χ3v) is 4.63. The van der Waals surface area contributed by atoms with Gasteiger partial charge in [-0.25, -0.2) is 0 Å². The molecule has 0 fully saturated rings. The van der Waals surface area contributed by atoms with Crippen LogP contribution in [0.3, 0.4) is 0 Å². The molecule has 0 amide bonds. The predicted molar refractivity (Wildman–Crippen MR) is 103 cm³/mol. The van der Waals surface area contributed by atoms with Crippen molar-refractivity contribution in [1.29, 1.82) is 0 Å². The molecule has 3 nitrogen and oxygen atoms in total. The quantitative estimate of drug-likeness (QED) is 0.233. The van der Waals surface area contributed by atoms with Crippen LogP contribution in [0.4, 0.5) is 26.3 Å². The number of rotatable bonds is 9. The summed E-state index contributed by atoms with van der Waals surface area (Å²) in [6, 6.07) is 8.60. The second-order valence-corrected chi connectivity index (χ2v) is 7.02. The van der Waals surface area contributed by atoms with Crippen molar-refractivity contribution < 1.29 is 40.6 Å². The van der Waals surface area contributed by atoms with Crippen LogP contribution < -0.4 is 9.47 Å². The highest BCUT2D eigenvalue weighted by Crippen LogP contribution is 2.38. The topological polar surface area (TPSA) is 27.7 Å². The molecule has 0 aliphatic carbocycles. The molecule has 0 N–H and O–H groups in total. The number of halogens is 6. The van der Waals surface area contributed by atoms with E-state index >= 15 is 0 Å². The summed E-state index contributed by atoms with van der Waals surface area (Å²) >= 11 is 0. The molecule has 2 rings (SSSR count). The van der Waals surface area contributed by atoms with Gasteiger partial charge in [0.15, 0.2) is 6.29 Å². The second kappa shape index (κ2) is 10.3. The van der Waals surface area contributed by atoms with E-state index in [0.29, 0.717) is 23.8 Å². The fourth-order valence-corrected chi connectivity index (χ4v) is 2.72. The van der Waals surface area contributed by atoms with Gasteiger partial charge in [-0.2, -0.15) is 26.3 Å². The van der Waals surface area contributed by atoms with E-state index in [1.54, 1.807) is 19.1 Å². The molecule has 0 aliphatic rings. The zero-order chi connectivity index (χ0) is 23.2. The van der Waals surface area contributed by atoms with Gasteiger partial charge in [0.25, 0.3) is 0 Å². The van der Waals surface area contributed by atoms with E-state index < -0.39 is 35.5 Å². The van der Waals surface area contributed by atoms with Crippen molar-refractivity contribution in [3.05, 3.63) is 59.2 Å². The van der Waals surface area contributed by atoms with E-state index in [9.17, 15) is 26.3 Å². The molecule has 2 atom stereocenters. The molecule has 2 aromatic rings. The summed E-state index contributed by atoms with van der Waals surface area (Å²) in [5.41, 5.74) is -1.69. The summed E-state index contributed by atoms with van der Waals surface area (Å²) in [7, 11) is 0. The molecule has 2 aromatic carbocycles. The molecule has 31 heavy (non-hydrogen) atoms. The van der Waals surface area contributed by atoms with Crippen molar-refractivity contribution in [2.45, 2.75) is 51.8 Å². The molecule has 0 spiro atoms. The first-order chi connectivity index (χ1) is 14.4. The van der Waals surface area contributed by atoms with Crippen LogP contribution in [0.25, 0.3) is 0 Å². The van der Waals surface area contributed by atoms with Crippen LogP contribution in [0.15, 0.2) is 42.5 Å². The van der Waals surface area contributed by atoms with E-state index in [1.807, 2.05) is 12.1 Å². The first kappa shape index (κ1) is 24.8. The predicted octanol–water partition coefficient (Wildman–Crippen LogP) is 7.06. The minimum atomic E-state index is -4.93. The van der Waals surface area contributed by atoms with E-state index in [0.717, 1.165) is 6.42 Å². The van der Waals surface area contributed by atoms with Gasteiger partial charge in [-0.05, 0) is 55.2 Å². The van der Waals surface area contributed by atoms with Gasteiger partial charge in [-0.15, -0.1) is 0 Å². The van der Waals surface area contributed by atoms with Gasteiger partial charge >= 0.3 is 12.4 Å². The van der Waals surface area contributed by atoms with E-state index in [4.69, 9.17) is 14.2 Å². The minimum absolute atomic E-state index is 0.0474. The van der Waals surface area contributed by atoms with Gasteiger partial charge in [-0.3, -0.25) is 0 Å². The molecular weight excluding hydrogens is 426 g/mol. The second-order valence-electron chi connectivity index (χ2n) is 7.02. The largest absolute Gasteiger partial charge is 0.491 e. The maximum atomic E-state index is 12.9. The lowest BCUT2D eigenvalue weighted by Crippen LogP contribution is -2.20. The van der Waals surface area contributed by atoms with E-state index in [2.05, 4.69) is 13.8 Å². The van der Waals surface area contributed by atoms with Gasteiger partial charge in [-0.1, -0.05) is 26.0 Å². The molecule has 0 heterocycles. The van der Waals surface area contributed by atoms with E-state index in [1.165, 1.54) is 5.56 Å². The molecule has 0 radical (unpaired) electrons. The Morgan fingerprint density at radius 3 is 1.81 bits per heavy atom. The normalized spacial score (nSPS) is 14.2. The maximum Gasteiger partial charge on any atom is 0.416 e. The highest BCUT2D eigenvalue weighted by Gasteiger charge is 2.37. The lowest BCUT2D eigenvalue weighted by molar-refractivity contribution is -0.143. The van der Waals surface area contributed by atoms with Gasteiger partial charge in [0, 0.05) is 0 Å². The van der Waals surface area contributed by atoms with Crippen molar-refractivity contribution in [3.8, 4) is 11.5 Å². The average molecular weight is 450 g/mol. The molecule has 2 unspecified atom stereocenters. The SMILES string of the molecule is CCC(C)c1ccc(OC(C)OCCOc2cc(C(F)(F)F)cc(C(F)(F)F)c2)cc1. The number of benzene rings is 2. The first-order valence-electron chi connectivity index (χ1n) is 9.70. The molecule has 0 bridgehead atoms. The Morgan fingerprint density at radius 2 is 1.32 bits per heavy atom. The Balaban J connectivity index is 1.89. The molecule has 0 aliphatic heterocycles. The first-order valence-corrected chi connectivity index (χ1v) is 9.70. The van der Waals surface area contributed by atoms with Crippen LogP contribution in [0.2, 0.25) is 0 Å². The fraction of sp³-hybridized carbons (Fsp3) is 0.455. The lowest BCUT2D eigenvalue weighted by atomic mass is 9.99. The summed E-state index contributed by atoms with van der Waals surface area (Å²) in [6.07, 6.45) is -9.54. The Bertz CT molecular complexity index is 798. The Morgan fingerprint density at radius 1 is 0.774 bits per heavy atom. The van der Waals surface area contributed by atoms with Gasteiger partial charge in [0.05, 0.1) is 17.7 Å². The fourth-order valence-electron chi connectivity index (χ4n) is 2.72. The van der Waals surface area contributed by atoms with Crippen LogP contribution in [-0.2, 0) is 17.1 Å². The van der Waals surface area contributed by atoms with Crippen LogP contribution in [0, 0.1) is 0 Å². The zero-order valence-corrected chi connectivity index (χ0v) is 17.3. The van der Waals surface area contributed by atoms with Crippen molar-refractivity contribution in [1.82, 2.24) is 0 Å². The Hall–Kier alpha value is -2.42. The van der Waals surface area contributed by atoms with Crippen molar-refractivity contribution in [3.63, 3.8) is 0 Å². The number of alkyl halides is 6. The van der Waals surface area contributed by atoms with Crippen LogP contribution in [0.1, 0.15) is 49.8 Å². The monoisotopic (exact) mass is 450 g/mol. The third-order valence-electron chi connectivity index (χ3n) is 4.63. The van der Waals surface area contributed by atoms with Crippen molar-refractivity contribution in [2.75, 3.05) is 13.2 Å². The van der Waals surface area contributed by atoms with Crippen molar-refractivity contribution in [2.24, 2.45) is 0 Å². The molecule has 9 heteroatoms. The zero-order valence-electron chi connectivity index (χ0n) is 17.3. The number of ether oxygens (including phenoxy) is 3. The standard InChI is InChI=1S/C22H24F6O3/c1-4-14(2)16-5-7-19(8-6-16)31-15(3)29-9-10-30-20-12-17(21(23,24)25)11-18(13-20)22(26,27)28/h5-8,11-15H,4,9-10H2,1-3H3. The summed E-state index contributed by atoms with van der Waals surface area (Å²) in [6.45, 7) is 5.48. The molecule has 172 valence electrons. The van der Waals surface area contributed by atoms with Crippen molar-refractivity contribution >= 4 is 0 Å². The highest BCUT2D eigenvalue weighted by molar-refractivity contribution is 5.37. The number of hydrogen-bond donors (Lipinski definition) is 0. The molecule has 0 saturated carbocycles. The number of hydrogen-bond acceptors (Lipinski definition) is 3. The van der Waals surface area contributed by atoms with Crippen LogP contribution in [-0.4, -0.2) is 19.5 Å². The summed E-state index contributed by atoms with van der Waals surface area (Å²) in [5.74, 6) is 0.460. The van der Waals surface area contributed by atoms with E-state index in [-0.39, 0.29) is 19.3 Å². The minimum Gasteiger partial charge on any atom is -0.491 e. The van der Waals surface area contributed by atoms with Crippen LogP contribution >= 0.6 is 0 Å². The lowest BCUT2D eigenvalue weighted by Gasteiger charge is -2.17. The third kappa shape index (κ3) is 7.65. The molecule has 0 aromatic heterocycles. The highest BCUT2D eigenvalue weighted by atomic mass is 19.4.